The highest BCUT2D eigenvalue weighted by Gasteiger charge is 2.17. The van der Waals surface area contributed by atoms with Crippen LogP contribution in [-0.4, -0.2) is 48.7 Å². The monoisotopic (exact) mass is 394 g/mol. The van der Waals surface area contributed by atoms with Gasteiger partial charge in [-0.15, -0.1) is 0 Å². The Hall–Kier alpha value is -3.19. The molecule has 1 amide bonds. The lowest BCUT2D eigenvalue weighted by atomic mass is 10.1. The van der Waals surface area contributed by atoms with Crippen LogP contribution in [0.1, 0.15) is 23.9 Å². The zero-order valence-corrected chi connectivity index (χ0v) is 17.0. The van der Waals surface area contributed by atoms with Crippen LogP contribution in [0.5, 0.6) is 5.75 Å². The number of nitrogens with one attached hydrogen (secondary N) is 1. The molecular weight excluding hydrogens is 368 g/mol. The van der Waals surface area contributed by atoms with E-state index in [9.17, 15) is 4.79 Å². The van der Waals surface area contributed by atoms with Gasteiger partial charge in [-0.3, -0.25) is 4.79 Å². The standard InChI is InChI=1S/C22H26N4O3/c1-26(2)19(17-10-7-11-18(14-17)28-3)15-23-20(27)12-13-21-24-22(25-29-21)16-8-5-4-6-9-16/h4-11,14,19H,12-13,15H2,1-3H3,(H,23,27). The first-order chi connectivity index (χ1) is 14.1. The molecule has 152 valence electrons. The number of nitrogens with zero attached hydrogens (tertiary/aromatic N) is 3. The van der Waals surface area contributed by atoms with Crippen molar-refractivity contribution in [1.82, 2.24) is 20.4 Å². The maximum atomic E-state index is 12.3. The molecule has 3 rings (SSSR count). The molecule has 0 radical (unpaired) electrons. The molecule has 0 saturated carbocycles. The first-order valence-corrected chi connectivity index (χ1v) is 9.52. The molecule has 0 saturated heterocycles. The number of methoxy groups -OCH3 is 1. The van der Waals surface area contributed by atoms with Crippen molar-refractivity contribution >= 4 is 5.91 Å². The van der Waals surface area contributed by atoms with Gasteiger partial charge in [0, 0.05) is 24.9 Å². The van der Waals surface area contributed by atoms with E-state index in [0.29, 0.717) is 24.7 Å². The van der Waals surface area contributed by atoms with Crippen molar-refractivity contribution in [2.24, 2.45) is 0 Å². The summed E-state index contributed by atoms with van der Waals surface area (Å²) in [6, 6.07) is 17.5. The average Bonchev–Trinajstić information content (AvgIpc) is 3.22. The Morgan fingerprint density at radius 2 is 1.97 bits per heavy atom. The number of benzene rings is 2. The summed E-state index contributed by atoms with van der Waals surface area (Å²) in [4.78, 5) is 18.8. The molecule has 1 heterocycles. The fraction of sp³-hybridized carbons (Fsp3) is 0.318. The van der Waals surface area contributed by atoms with Crippen molar-refractivity contribution in [3.8, 4) is 17.1 Å². The Morgan fingerprint density at radius 1 is 1.17 bits per heavy atom. The second kappa shape index (κ2) is 9.84. The lowest BCUT2D eigenvalue weighted by molar-refractivity contribution is -0.121. The molecule has 0 aliphatic rings. The largest absolute Gasteiger partial charge is 0.497 e. The highest BCUT2D eigenvalue weighted by atomic mass is 16.5. The van der Waals surface area contributed by atoms with Crippen LogP contribution in [0.25, 0.3) is 11.4 Å². The number of hydrogen-bond acceptors (Lipinski definition) is 6. The average molecular weight is 394 g/mol. The molecule has 0 bridgehead atoms. The molecule has 1 atom stereocenters. The lowest BCUT2D eigenvalue weighted by Crippen LogP contribution is -2.34. The number of amides is 1. The number of rotatable bonds is 9. The van der Waals surface area contributed by atoms with Gasteiger partial charge >= 0.3 is 0 Å². The van der Waals surface area contributed by atoms with Gasteiger partial charge in [0.2, 0.25) is 17.6 Å². The van der Waals surface area contributed by atoms with Gasteiger partial charge in [-0.05, 0) is 31.8 Å². The van der Waals surface area contributed by atoms with E-state index in [0.717, 1.165) is 16.9 Å². The van der Waals surface area contributed by atoms with Crippen LogP contribution < -0.4 is 10.1 Å². The Balaban J connectivity index is 1.53. The number of carbonyl (C=O) groups is 1. The van der Waals surface area contributed by atoms with E-state index < -0.39 is 0 Å². The number of aromatic nitrogens is 2. The fourth-order valence-electron chi connectivity index (χ4n) is 3.03. The van der Waals surface area contributed by atoms with E-state index in [4.69, 9.17) is 9.26 Å². The Kier molecular flexibility index (Phi) is 6.97. The third-order valence-electron chi connectivity index (χ3n) is 4.66. The predicted molar refractivity (Wildman–Crippen MR) is 110 cm³/mol. The third-order valence-corrected chi connectivity index (χ3v) is 4.66. The van der Waals surface area contributed by atoms with E-state index >= 15 is 0 Å². The molecule has 29 heavy (non-hydrogen) atoms. The van der Waals surface area contributed by atoms with Crippen molar-refractivity contribution in [2.45, 2.75) is 18.9 Å². The maximum absolute atomic E-state index is 12.3. The minimum Gasteiger partial charge on any atom is -0.497 e. The third kappa shape index (κ3) is 5.65. The van der Waals surface area contributed by atoms with Gasteiger partial charge in [0.1, 0.15) is 5.75 Å². The number of likely N-dealkylation sites (N-methyl/N-ethyl adjacent to an activating group) is 1. The SMILES string of the molecule is COc1cccc(C(CNC(=O)CCc2nc(-c3ccccc3)no2)N(C)C)c1. The van der Waals surface area contributed by atoms with E-state index in [1.807, 2.05) is 68.7 Å². The summed E-state index contributed by atoms with van der Waals surface area (Å²) in [6.07, 6.45) is 0.687. The highest BCUT2D eigenvalue weighted by molar-refractivity contribution is 5.76. The summed E-state index contributed by atoms with van der Waals surface area (Å²) in [6.45, 7) is 0.498. The van der Waals surface area contributed by atoms with Crippen molar-refractivity contribution in [2.75, 3.05) is 27.7 Å². The van der Waals surface area contributed by atoms with E-state index in [1.165, 1.54) is 0 Å². The molecule has 0 aliphatic heterocycles. The van der Waals surface area contributed by atoms with Crippen molar-refractivity contribution < 1.29 is 14.1 Å². The molecule has 1 unspecified atom stereocenters. The van der Waals surface area contributed by atoms with Crippen LogP contribution in [0.3, 0.4) is 0 Å². The smallest absolute Gasteiger partial charge is 0.227 e. The van der Waals surface area contributed by atoms with Crippen LogP contribution in [0.4, 0.5) is 0 Å². The van der Waals surface area contributed by atoms with E-state index in [-0.39, 0.29) is 18.4 Å². The summed E-state index contributed by atoms with van der Waals surface area (Å²) < 4.78 is 10.6. The van der Waals surface area contributed by atoms with Crippen LogP contribution in [0, 0.1) is 0 Å². The number of hydrogen-bond donors (Lipinski definition) is 1. The molecule has 2 aromatic carbocycles. The van der Waals surface area contributed by atoms with Gasteiger partial charge in [-0.2, -0.15) is 4.98 Å². The van der Waals surface area contributed by atoms with Crippen LogP contribution in [0.2, 0.25) is 0 Å². The summed E-state index contributed by atoms with van der Waals surface area (Å²) in [5.74, 6) is 1.73. The first kappa shape index (κ1) is 20.5. The van der Waals surface area contributed by atoms with Gasteiger partial charge in [-0.25, -0.2) is 0 Å². The molecule has 7 nitrogen and oxygen atoms in total. The van der Waals surface area contributed by atoms with Gasteiger partial charge in [0.25, 0.3) is 0 Å². The fourth-order valence-corrected chi connectivity index (χ4v) is 3.03. The Labute approximate surface area is 170 Å². The molecule has 0 spiro atoms. The molecule has 0 aliphatic carbocycles. The molecule has 1 aromatic heterocycles. The second-order valence-corrected chi connectivity index (χ2v) is 6.94. The zero-order valence-electron chi connectivity index (χ0n) is 17.0. The lowest BCUT2D eigenvalue weighted by Gasteiger charge is -2.25. The van der Waals surface area contributed by atoms with Crippen molar-refractivity contribution in [1.29, 1.82) is 0 Å². The quantitative estimate of drug-likeness (QED) is 0.601. The predicted octanol–water partition coefficient (Wildman–Crippen LogP) is 3.10. The Morgan fingerprint density at radius 3 is 2.69 bits per heavy atom. The van der Waals surface area contributed by atoms with Gasteiger partial charge in [0.05, 0.1) is 13.2 Å². The summed E-state index contributed by atoms with van der Waals surface area (Å²) in [5, 5.41) is 6.98. The normalized spacial score (nSPS) is 12.0. The molecule has 7 heteroatoms. The summed E-state index contributed by atoms with van der Waals surface area (Å²) >= 11 is 0. The van der Waals surface area contributed by atoms with Crippen LogP contribution in [0.15, 0.2) is 59.1 Å². The topological polar surface area (TPSA) is 80.5 Å². The molecular formula is C22H26N4O3. The molecule has 0 fully saturated rings. The maximum Gasteiger partial charge on any atom is 0.227 e. The summed E-state index contributed by atoms with van der Waals surface area (Å²) in [7, 11) is 5.62. The minimum atomic E-state index is -0.0563. The number of ether oxygens (including phenoxy) is 1. The molecule has 3 aromatic rings. The van der Waals surface area contributed by atoms with Gasteiger partial charge < -0.3 is 19.5 Å². The van der Waals surface area contributed by atoms with Crippen molar-refractivity contribution in [3.05, 3.63) is 66.1 Å². The Bertz CT molecular complexity index is 925. The van der Waals surface area contributed by atoms with Gasteiger partial charge in [0.15, 0.2) is 0 Å². The van der Waals surface area contributed by atoms with Gasteiger partial charge in [-0.1, -0.05) is 47.6 Å². The molecule has 1 N–H and O–H groups in total. The number of carbonyl (C=O) groups excluding carboxylic acids is 1. The second-order valence-electron chi connectivity index (χ2n) is 6.94. The highest BCUT2D eigenvalue weighted by Crippen LogP contribution is 2.22. The first-order valence-electron chi connectivity index (χ1n) is 9.52. The van der Waals surface area contributed by atoms with Crippen LogP contribution in [-0.2, 0) is 11.2 Å². The minimum absolute atomic E-state index is 0.0436. The van der Waals surface area contributed by atoms with E-state index in [2.05, 4.69) is 20.4 Å². The van der Waals surface area contributed by atoms with E-state index in [1.54, 1.807) is 7.11 Å². The number of aryl methyl sites for hydroxylation is 1. The zero-order chi connectivity index (χ0) is 20.6. The van der Waals surface area contributed by atoms with Crippen molar-refractivity contribution in [3.63, 3.8) is 0 Å². The van der Waals surface area contributed by atoms with Crippen LogP contribution >= 0.6 is 0 Å². The summed E-state index contributed by atoms with van der Waals surface area (Å²) in [5.41, 5.74) is 1.97.